The fraction of sp³-hybridized carbons (Fsp3) is 0.333. The number of hydrogen-bond acceptors (Lipinski definition) is 2. The van der Waals surface area contributed by atoms with Gasteiger partial charge in [-0.05, 0) is 6.42 Å². The lowest BCUT2D eigenvalue weighted by molar-refractivity contribution is -0.114. The highest BCUT2D eigenvalue weighted by molar-refractivity contribution is 5.95. The number of carbonyl (C=O) groups is 1. The van der Waals surface area contributed by atoms with Gasteiger partial charge in [0.1, 0.15) is 11.6 Å². The Bertz CT molecular complexity index is 176. The number of rotatable bonds is 2. The Morgan fingerprint density at radius 1 is 1.89 bits per heavy atom. The molecule has 48 valence electrons. The van der Waals surface area contributed by atoms with Gasteiger partial charge in [0.15, 0.2) is 0 Å². The lowest BCUT2D eigenvalue weighted by Gasteiger charge is -1.85. The Morgan fingerprint density at radius 3 is 2.56 bits per heavy atom. The zero-order valence-electron chi connectivity index (χ0n) is 5.22. The Labute approximate surface area is 53.8 Å². The third-order valence-corrected chi connectivity index (χ3v) is 0.794. The van der Waals surface area contributed by atoms with Crippen LogP contribution in [0, 0.1) is 11.3 Å². The number of nitriles is 1. The SMILES string of the molecule is CC/C=C(\C#N)C(N)=O. The Balaban J connectivity index is 4.20. The summed E-state index contributed by atoms with van der Waals surface area (Å²) in [5, 5.41) is 8.21. The minimum absolute atomic E-state index is 0.0394. The van der Waals surface area contributed by atoms with Gasteiger partial charge in [-0.3, -0.25) is 4.79 Å². The predicted molar refractivity (Wildman–Crippen MR) is 33.2 cm³/mol. The van der Waals surface area contributed by atoms with Gasteiger partial charge < -0.3 is 5.73 Å². The summed E-state index contributed by atoms with van der Waals surface area (Å²) >= 11 is 0. The molecule has 0 rings (SSSR count). The van der Waals surface area contributed by atoms with E-state index in [2.05, 4.69) is 0 Å². The molecule has 0 aliphatic rings. The molecule has 0 heterocycles. The molecule has 2 N–H and O–H groups in total. The molecule has 0 aromatic rings. The van der Waals surface area contributed by atoms with Crippen LogP contribution in [0.15, 0.2) is 11.6 Å². The molecule has 9 heavy (non-hydrogen) atoms. The van der Waals surface area contributed by atoms with Crippen LogP contribution in [-0.4, -0.2) is 5.91 Å². The van der Waals surface area contributed by atoms with E-state index in [4.69, 9.17) is 11.0 Å². The second kappa shape index (κ2) is 3.67. The second-order valence-corrected chi connectivity index (χ2v) is 1.50. The average Bonchev–Trinajstić information content (AvgIpc) is 1.82. The van der Waals surface area contributed by atoms with E-state index in [9.17, 15) is 4.79 Å². The largest absolute Gasteiger partial charge is 0.365 e. The topological polar surface area (TPSA) is 66.9 Å². The van der Waals surface area contributed by atoms with Gasteiger partial charge in [-0.25, -0.2) is 0 Å². The van der Waals surface area contributed by atoms with Gasteiger partial charge in [-0.15, -0.1) is 0 Å². The third-order valence-electron chi connectivity index (χ3n) is 0.794. The molecule has 0 fully saturated rings. The van der Waals surface area contributed by atoms with Crippen LogP contribution in [0.2, 0.25) is 0 Å². The first-order chi connectivity index (χ1) is 4.22. The molecule has 0 spiro atoms. The zero-order valence-corrected chi connectivity index (χ0v) is 5.22. The van der Waals surface area contributed by atoms with Crippen LogP contribution >= 0.6 is 0 Å². The summed E-state index contributed by atoms with van der Waals surface area (Å²) in [5.41, 5.74) is 4.84. The fourth-order valence-electron chi connectivity index (χ4n) is 0.405. The van der Waals surface area contributed by atoms with Crippen LogP contribution in [0.25, 0.3) is 0 Å². The van der Waals surface area contributed by atoms with Gasteiger partial charge in [0, 0.05) is 0 Å². The first-order valence-corrected chi connectivity index (χ1v) is 2.62. The number of hydrogen-bond donors (Lipinski definition) is 1. The van der Waals surface area contributed by atoms with Gasteiger partial charge in [-0.2, -0.15) is 5.26 Å². The first-order valence-electron chi connectivity index (χ1n) is 2.62. The van der Waals surface area contributed by atoms with Crippen molar-refractivity contribution in [1.29, 1.82) is 5.26 Å². The maximum absolute atomic E-state index is 10.3. The van der Waals surface area contributed by atoms with Crippen molar-refractivity contribution in [3.05, 3.63) is 11.6 Å². The van der Waals surface area contributed by atoms with Crippen LogP contribution in [0.4, 0.5) is 0 Å². The number of primary amides is 1. The Kier molecular flexibility index (Phi) is 3.14. The van der Waals surface area contributed by atoms with Crippen molar-refractivity contribution in [3.8, 4) is 6.07 Å². The summed E-state index contributed by atoms with van der Waals surface area (Å²) < 4.78 is 0. The van der Waals surface area contributed by atoms with Crippen molar-refractivity contribution >= 4 is 5.91 Å². The molecule has 1 amide bonds. The van der Waals surface area contributed by atoms with Gasteiger partial charge in [-0.1, -0.05) is 13.0 Å². The standard InChI is InChI=1S/C6H8N2O/c1-2-3-5(4-7)6(8)9/h3H,2H2,1H3,(H2,8,9)/b5-3+. The summed E-state index contributed by atoms with van der Waals surface area (Å²) in [7, 11) is 0. The van der Waals surface area contributed by atoms with E-state index in [0.717, 1.165) is 0 Å². The van der Waals surface area contributed by atoms with E-state index in [1.165, 1.54) is 6.08 Å². The molecule has 0 aliphatic heterocycles. The summed E-state index contributed by atoms with van der Waals surface area (Å²) in [5.74, 6) is -0.653. The number of nitrogens with two attached hydrogens (primary N) is 1. The van der Waals surface area contributed by atoms with Crippen LogP contribution < -0.4 is 5.73 Å². The van der Waals surface area contributed by atoms with Gasteiger partial charge in [0.25, 0.3) is 5.91 Å². The minimum Gasteiger partial charge on any atom is -0.365 e. The molecular weight excluding hydrogens is 116 g/mol. The fourth-order valence-corrected chi connectivity index (χ4v) is 0.405. The summed E-state index contributed by atoms with van der Waals surface area (Å²) in [6.45, 7) is 1.83. The summed E-state index contributed by atoms with van der Waals surface area (Å²) in [6, 6.07) is 1.69. The van der Waals surface area contributed by atoms with Gasteiger partial charge >= 0.3 is 0 Å². The number of carbonyl (C=O) groups excluding carboxylic acids is 1. The van der Waals surface area contributed by atoms with Crippen molar-refractivity contribution in [2.45, 2.75) is 13.3 Å². The van der Waals surface area contributed by atoms with E-state index in [0.29, 0.717) is 6.42 Å². The quantitative estimate of drug-likeness (QED) is 0.426. The lowest BCUT2D eigenvalue weighted by atomic mass is 10.2. The first kappa shape index (κ1) is 7.70. The second-order valence-electron chi connectivity index (χ2n) is 1.50. The van der Waals surface area contributed by atoms with Crippen LogP contribution in [0.5, 0.6) is 0 Å². The molecule has 0 atom stereocenters. The molecule has 0 aromatic heterocycles. The highest BCUT2D eigenvalue weighted by Gasteiger charge is 1.99. The van der Waals surface area contributed by atoms with E-state index in [1.807, 2.05) is 6.92 Å². The van der Waals surface area contributed by atoms with Crippen molar-refractivity contribution in [3.63, 3.8) is 0 Å². The maximum Gasteiger partial charge on any atom is 0.259 e. The average molecular weight is 124 g/mol. The molecular formula is C6H8N2O. The lowest BCUT2D eigenvalue weighted by Crippen LogP contribution is -2.12. The van der Waals surface area contributed by atoms with E-state index >= 15 is 0 Å². The smallest absolute Gasteiger partial charge is 0.259 e. The molecule has 0 bridgehead atoms. The van der Waals surface area contributed by atoms with Crippen LogP contribution in [0.1, 0.15) is 13.3 Å². The van der Waals surface area contributed by atoms with Crippen molar-refractivity contribution < 1.29 is 4.79 Å². The molecule has 0 saturated heterocycles. The highest BCUT2D eigenvalue weighted by atomic mass is 16.1. The number of amides is 1. The summed E-state index contributed by atoms with van der Waals surface area (Å²) in [6.07, 6.45) is 2.16. The number of nitrogens with zero attached hydrogens (tertiary/aromatic N) is 1. The van der Waals surface area contributed by atoms with Crippen molar-refractivity contribution in [2.75, 3.05) is 0 Å². The molecule has 0 radical (unpaired) electrons. The maximum atomic E-state index is 10.3. The molecule has 3 nitrogen and oxygen atoms in total. The molecule has 0 unspecified atom stereocenters. The van der Waals surface area contributed by atoms with E-state index in [1.54, 1.807) is 6.07 Å². The van der Waals surface area contributed by atoms with Gasteiger partial charge in [0.05, 0.1) is 0 Å². The van der Waals surface area contributed by atoms with E-state index < -0.39 is 5.91 Å². The Hall–Kier alpha value is -1.30. The van der Waals surface area contributed by atoms with Gasteiger partial charge in [0.2, 0.25) is 0 Å². The number of allylic oxidation sites excluding steroid dienone is 1. The normalized spacial score (nSPS) is 10.4. The van der Waals surface area contributed by atoms with Crippen LogP contribution in [-0.2, 0) is 4.79 Å². The molecule has 0 aromatic carbocycles. The molecule has 3 heteroatoms. The highest BCUT2D eigenvalue weighted by Crippen LogP contribution is 1.91. The summed E-state index contributed by atoms with van der Waals surface area (Å²) in [4.78, 5) is 10.3. The minimum atomic E-state index is -0.653. The van der Waals surface area contributed by atoms with E-state index in [-0.39, 0.29) is 5.57 Å². The Morgan fingerprint density at radius 2 is 2.44 bits per heavy atom. The molecule has 0 aliphatic carbocycles. The monoisotopic (exact) mass is 124 g/mol. The van der Waals surface area contributed by atoms with Crippen molar-refractivity contribution in [2.24, 2.45) is 5.73 Å². The zero-order chi connectivity index (χ0) is 7.28. The molecule has 0 saturated carbocycles. The predicted octanol–water partition coefficient (Wildman–Crippen LogP) is 0.332. The third kappa shape index (κ3) is 2.50. The van der Waals surface area contributed by atoms with Crippen molar-refractivity contribution in [1.82, 2.24) is 0 Å². The van der Waals surface area contributed by atoms with Crippen LogP contribution in [0.3, 0.4) is 0 Å².